The van der Waals surface area contributed by atoms with Crippen molar-refractivity contribution >= 4 is 5.91 Å². The van der Waals surface area contributed by atoms with Crippen molar-refractivity contribution in [1.82, 2.24) is 10.3 Å². The fourth-order valence-electron chi connectivity index (χ4n) is 2.18. The monoisotopic (exact) mass is 285 g/mol. The van der Waals surface area contributed by atoms with Crippen LogP contribution in [0.15, 0.2) is 12.1 Å². The molecule has 1 aromatic heterocycles. The van der Waals surface area contributed by atoms with Crippen LogP contribution in [0.1, 0.15) is 54.6 Å². The van der Waals surface area contributed by atoms with Crippen LogP contribution in [-0.2, 0) is 0 Å². The Balaban J connectivity index is 1.76. The third kappa shape index (κ3) is 3.52. The summed E-state index contributed by atoms with van der Waals surface area (Å²) in [6.07, 6.45) is 4.77. The molecule has 0 bridgehead atoms. The van der Waals surface area contributed by atoms with Gasteiger partial charge in [-0.2, -0.15) is 5.26 Å². The lowest BCUT2D eigenvalue weighted by molar-refractivity contribution is 0.0941. The molecule has 2 fully saturated rings. The second-order valence-corrected chi connectivity index (χ2v) is 5.94. The molecule has 5 nitrogen and oxygen atoms in total. The Morgan fingerprint density at radius 1 is 1.48 bits per heavy atom. The molecule has 0 spiro atoms. The number of aromatic nitrogens is 1. The molecule has 2 aliphatic carbocycles. The Labute approximate surface area is 124 Å². The zero-order valence-electron chi connectivity index (χ0n) is 12.1. The van der Waals surface area contributed by atoms with Gasteiger partial charge in [0.2, 0.25) is 5.88 Å². The van der Waals surface area contributed by atoms with E-state index in [0.29, 0.717) is 30.0 Å². The molecule has 5 heteroatoms. The summed E-state index contributed by atoms with van der Waals surface area (Å²) in [7, 11) is 0. The van der Waals surface area contributed by atoms with Gasteiger partial charge in [-0.3, -0.25) is 4.79 Å². The maximum absolute atomic E-state index is 12.0. The highest BCUT2D eigenvalue weighted by atomic mass is 16.5. The first kappa shape index (κ1) is 13.9. The molecule has 110 valence electrons. The first-order valence-electron chi connectivity index (χ1n) is 7.51. The molecule has 0 saturated heterocycles. The lowest BCUT2D eigenvalue weighted by Crippen LogP contribution is -2.32. The number of amides is 1. The van der Waals surface area contributed by atoms with Gasteiger partial charge in [-0.15, -0.1) is 0 Å². The van der Waals surface area contributed by atoms with Crippen LogP contribution in [0.25, 0.3) is 0 Å². The standard InChI is InChI=1S/C16H19N3O2/c1-10(8-17)18-15(20)14-7-6-13(12-4-5-12)16(19-14)21-9-11-2-3-11/h6-7,10-12H,2-5,9H2,1H3,(H,18,20). The summed E-state index contributed by atoms with van der Waals surface area (Å²) >= 11 is 0. The second-order valence-electron chi connectivity index (χ2n) is 5.94. The number of ether oxygens (including phenoxy) is 1. The first-order chi connectivity index (χ1) is 10.2. The average Bonchev–Trinajstić information content (AvgIpc) is 3.38. The van der Waals surface area contributed by atoms with Crippen molar-refractivity contribution in [2.24, 2.45) is 5.92 Å². The quantitative estimate of drug-likeness (QED) is 0.870. The SMILES string of the molecule is CC(C#N)NC(=O)c1ccc(C2CC2)c(OCC2CC2)n1. The smallest absolute Gasteiger partial charge is 0.271 e. The van der Waals surface area contributed by atoms with Gasteiger partial charge in [0.05, 0.1) is 12.7 Å². The van der Waals surface area contributed by atoms with Gasteiger partial charge < -0.3 is 10.1 Å². The van der Waals surface area contributed by atoms with Crippen molar-refractivity contribution in [3.8, 4) is 11.9 Å². The van der Waals surface area contributed by atoms with E-state index in [1.54, 1.807) is 13.0 Å². The highest BCUT2D eigenvalue weighted by Crippen LogP contribution is 2.44. The van der Waals surface area contributed by atoms with Gasteiger partial charge >= 0.3 is 0 Å². The molecular weight excluding hydrogens is 266 g/mol. The summed E-state index contributed by atoms with van der Waals surface area (Å²) in [4.78, 5) is 16.4. The lowest BCUT2D eigenvalue weighted by atomic mass is 10.1. The van der Waals surface area contributed by atoms with Crippen molar-refractivity contribution in [3.05, 3.63) is 23.4 Å². The minimum Gasteiger partial charge on any atom is -0.477 e. The second kappa shape index (κ2) is 5.72. The number of pyridine rings is 1. The molecule has 1 atom stereocenters. The van der Waals surface area contributed by atoms with Crippen molar-refractivity contribution in [1.29, 1.82) is 5.26 Å². The van der Waals surface area contributed by atoms with E-state index in [9.17, 15) is 4.79 Å². The fraction of sp³-hybridized carbons (Fsp3) is 0.562. The Bertz CT molecular complexity index is 586. The molecule has 3 rings (SSSR count). The Hall–Kier alpha value is -2.09. The molecule has 1 N–H and O–H groups in total. The normalized spacial score (nSPS) is 18.7. The number of carbonyl (C=O) groups is 1. The number of carbonyl (C=O) groups excluding carboxylic acids is 1. The molecule has 0 radical (unpaired) electrons. The Morgan fingerprint density at radius 2 is 2.24 bits per heavy atom. The number of nitrogens with zero attached hydrogens (tertiary/aromatic N) is 2. The van der Waals surface area contributed by atoms with Gasteiger partial charge in [-0.1, -0.05) is 6.07 Å². The largest absolute Gasteiger partial charge is 0.477 e. The van der Waals surface area contributed by atoms with Crippen LogP contribution in [-0.4, -0.2) is 23.5 Å². The van der Waals surface area contributed by atoms with Crippen LogP contribution in [0, 0.1) is 17.2 Å². The van der Waals surface area contributed by atoms with Crippen LogP contribution in [0.3, 0.4) is 0 Å². The molecular formula is C16H19N3O2. The van der Waals surface area contributed by atoms with E-state index in [-0.39, 0.29) is 5.91 Å². The van der Waals surface area contributed by atoms with E-state index >= 15 is 0 Å². The summed E-state index contributed by atoms with van der Waals surface area (Å²) in [5, 5.41) is 11.3. The minimum absolute atomic E-state index is 0.312. The fourth-order valence-corrected chi connectivity index (χ4v) is 2.18. The van der Waals surface area contributed by atoms with E-state index < -0.39 is 6.04 Å². The van der Waals surface area contributed by atoms with E-state index in [4.69, 9.17) is 10.00 Å². The highest BCUT2D eigenvalue weighted by molar-refractivity contribution is 5.92. The van der Waals surface area contributed by atoms with E-state index in [2.05, 4.69) is 10.3 Å². The number of hydrogen-bond donors (Lipinski definition) is 1. The van der Waals surface area contributed by atoms with Gasteiger partial charge in [0.15, 0.2) is 0 Å². The Kier molecular flexibility index (Phi) is 3.78. The molecule has 2 saturated carbocycles. The van der Waals surface area contributed by atoms with Crippen LogP contribution in [0.4, 0.5) is 0 Å². The molecule has 21 heavy (non-hydrogen) atoms. The molecule has 1 heterocycles. The van der Waals surface area contributed by atoms with Crippen molar-refractivity contribution in [2.45, 2.75) is 44.6 Å². The molecule has 0 aromatic carbocycles. The van der Waals surface area contributed by atoms with Crippen LogP contribution in [0.2, 0.25) is 0 Å². The van der Waals surface area contributed by atoms with E-state index in [0.717, 1.165) is 5.56 Å². The molecule has 0 aliphatic heterocycles. The maximum Gasteiger partial charge on any atom is 0.271 e. The molecule has 1 amide bonds. The lowest BCUT2D eigenvalue weighted by Gasteiger charge is -2.12. The van der Waals surface area contributed by atoms with E-state index in [1.807, 2.05) is 12.1 Å². The predicted octanol–water partition coefficient (Wildman–Crippen LogP) is 2.39. The number of rotatable bonds is 6. The van der Waals surface area contributed by atoms with Gasteiger partial charge in [0.1, 0.15) is 11.7 Å². The van der Waals surface area contributed by atoms with E-state index in [1.165, 1.54) is 25.7 Å². The maximum atomic E-state index is 12.0. The zero-order valence-corrected chi connectivity index (χ0v) is 12.1. The van der Waals surface area contributed by atoms with Crippen LogP contribution in [0.5, 0.6) is 5.88 Å². The minimum atomic E-state index is -0.529. The third-order valence-corrected chi connectivity index (χ3v) is 3.83. The number of hydrogen-bond acceptors (Lipinski definition) is 4. The van der Waals surface area contributed by atoms with Crippen molar-refractivity contribution < 1.29 is 9.53 Å². The summed E-state index contributed by atoms with van der Waals surface area (Å²) in [6.45, 7) is 2.33. The molecule has 1 unspecified atom stereocenters. The van der Waals surface area contributed by atoms with Gasteiger partial charge in [0.25, 0.3) is 5.91 Å². The number of nitrogens with one attached hydrogen (secondary N) is 1. The van der Waals surface area contributed by atoms with Crippen molar-refractivity contribution in [2.75, 3.05) is 6.61 Å². The predicted molar refractivity (Wildman–Crippen MR) is 77.0 cm³/mol. The van der Waals surface area contributed by atoms with Gasteiger partial charge in [-0.25, -0.2) is 4.98 Å². The highest BCUT2D eigenvalue weighted by Gasteiger charge is 2.30. The van der Waals surface area contributed by atoms with Gasteiger partial charge in [0, 0.05) is 5.56 Å². The number of nitriles is 1. The van der Waals surface area contributed by atoms with Crippen LogP contribution < -0.4 is 10.1 Å². The van der Waals surface area contributed by atoms with Gasteiger partial charge in [-0.05, 0) is 50.5 Å². The van der Waals surface area contributed by atoms with Crippen molar-refractivity contribution in [3.63, 3.8) is 0 Å². The molecule has 1 aromatic rings. The molecule has 2 aliphatic rings. The summed E-state index contributed by atoms with van der Waals surface area (Å²) in [5.41, 5.74) is 1.42. The Morgan fingerprint density at radius 3 is 2.86 bits per heavy atom. The first-order valence-corrected chi connectivity index (χ1v) is 7.51. The zero-order chi connectivity index (χ0) is 14.8. The summed E-state index contributed by atoms with van der Waals surface area (Å²) in [5.74, 6) is 1.45. The third-order valence-electron chi connectivity index (χ3n) is 3.83. The average molecular weight is 285 g/mol. The van der Waals surface area contributed by atoms with Crippen LogP contribution >= 0.6 is 0 Å². The topological polar surface area (TPSA) is 75.0 Å². The summed E-state index contributed by atoms with van der Waals surface area (Å²) < 4.78 is 5.83. The summed E-state index contributed by atoms with van der Waals surface area (Å²) in [6, 6.07) is 5.11.